The number of pyridine rings is 1. The number of hydrogen-bond acceptors (Lipinski definition) is 4. The third-order valence-corrected chi connectivity index (χ3v) is 2.65. The Kier molecular flexibility index (Phi) is 4.97. The molecular weight excluding hydrogens is 276 g/mol. The maximum atomic E-state index is 5.68. The standard InChI is InChI=1S/C14H15ClN4O/c1-11(2)19-14(17-10-18-19)9-20-13-6-12(4-3-5-15)7-16-8-13/h6-8,10-11H,5,9H2,1-2H3. The van der Waals surface area contributed by atoms with Crippen LogP contribution in [0.25, 0.3) is 0 Å². The van der Waals surface area contributed by atoms with Gasteiger partial charge in [-0.15, -0.1) is 11.6 Å². The van der Waals surface area contributed by atoms with E-state index >= 15 is 0 Å². The van der Waals surface area contributed by atoms with Crippen molar-refractivity contribution >= 4 is 11.6 Å². The van der Waals surface area contributed by atoms with Gasteiger partial charge in [0.05, 0.1) is 12.1 Å². The molecule has 5 nitrogen and oxygen atoms in total. The molecule has 0 N–H and O–H groups in total. The van der Waals surface area contributed by atoms with Crippen molar-refractivity contribution in [2.75, 3.05) is 5.88 Å². The molecule has 2 rings (SSSR count). The third kappa shape index (κ3) is 3.72. The molecule has 0 saturated heterocycles. The van der Waals surface area contributed by atoms with Gasteiger partial charge in [0.1, 0.15) is 18.7 Å². The number of ether oxygens (including phenoxy) is 1. The van der Waals surface area contributed by atoms with E-state index < -0.39 is 0 Å². The lowest BCUT2D eigenvalue weighted by Crippen LogP contribution is -2.10. The van der Waals surface area contributed by atoms with E-state index in [4.69, 9.17) is 16.3 Å². The molecule has 0 radical (unpaired) electrons. The van der Waals surface area contributed by atoms with Gasteiger partial charge in [0, 0.05) is 17.8 Å². The first-order chi connectivity index (χ1) is 9.70. The van der Waals surface area contributed by atoms with Crippen LogP contribution in [0.15, 0.2) is 24.8 Å². The summed E-state index contributed by atoms with van der Waals surface area (Å²) in [7, 11) is 0. The van der Waals surface area contributed by atoms with Crippen LogP contribution in [0.1, 0.15) is 31.3 Å². The minimum absolute atomic E-state index is 0.246. The van der Waals surface area contributed by atoms with Gasteiger partial charge >= 0.3 is 0 Å². The van der Waals surface area contributed by atoms with E-state index in [0.717, 1.165) is 11.4 Å². The van der Waals surface area contributed by atoms with Crippen LogP contribution in [-0.4, -0.2) is 25.6 Å². The summed E-state index contributed by atoms with van der Waals surface area (Å²) in [6, 6.07) is 2.07. The second kappa shape index (κ2) is 6.92. The Balaban J connectivity index is 2.05. The van der Waals surface area contributed by atoms with Crippen molar-refractivity contribution in [1.29, 1.82) is 0 Å². The van der Waals surface area contributed by atoms with Crippen LogP contribution in [0.5, 0.6) is 5.75 Å². The van der Waals surface area contributed by atoms with E-state index in [9.17, 15) is 0 Å². The Hall–Kier alpha value is -2.06. The second-order valence-electron chi connectivity index (χ2n) is 4.35. The van der Waals surface area contributed by atoms with E-state index in [1.54, 1.807) is 12.4 Å². The van der Waals surface area contributed by atoms with Crippen LogP contribution in [0, 0.1) is 11.8 Å². The molecule has 2 heterocycles. The van der Waals surface area contributed by atoms with Crippen molar-refractivity contribution in [3.8, 4) is 17.6 Å². The van der Waals surface area contributed by atoms with E-state index in [1.165, 1.54) is 6.33 Å². The zero-order valence-corrected chi connectivity index (χ0v) is 12.1. The predicted molar refractivity (Wildman–Crippen MR) is 76.6 cm³/mol. The number of rotatable bonds is 4. The van der Waals surface area contributed by atoms with Crippen LogP contribution in [0.2, 0.25) is 0 Å². The molecule has 0 atom stereocenters. The predicted octanol–water partition coefficient (Wildman–Crippen LogP) is 2.42. The van der Waals surface area contributed by atoms with Gasteiger partial charge in [-0.1, -0.05) is 11.8 Å². The van der Waals surface area contributed by atoms with Crippen molar-refractivity contribution in [2.24, 2.45) is 0 Å². The summed E-state index contributed by atoms with van der Waals surface area (Å²) in [6.07, 6.45) is 4.84. The largest absolute Gasteiger partial charge is 0.484 e. The fourth-order valence-corrected chi connectivity index (χ4v) is 1.72. The van der Waals surface area contributed by atoms with Gasteiger partial charge in [-0.3, -0.25) is 4.98 Å². The van der Waals surface area contributed by atoms with Crippen LogP contribution in [-0.2, 0) is 6.61 Å². The second-order valence-corrected chi connectivity index (χ2v) is 4.62. The molecule has 2 aromatic rings. The normalized spacial score (nSPS) is 10.2. The molecule has 2 aromatic heterocycles. The Labute approximate surface area is 123 Å². The zero-order chi connectivity index (χ0) is 14.4. The molecule has 20 heavy (non-hydrogen) atoms. The summed E-state index contributed by atoms with van der Waals surface area (Å²) in [5.41, 5.74) is 0.772. The maximum absolute atomic E-state index is 5.68. The minimum atomic E-state index is 0.246. The molecule has 0 aromatic carbocycles. The minimum Gasteiger partial charge on any atom is -0.484 e. The Morgan fingerprint density at radius 2 is 2.25 bits per heavy atom. The fourth-order valence-electron chi connectivity index (χ4n) is 1.66. The summed E-state index contributed by atoms with van der Waals surface area (Å²) in [5.74, 6) is 7.39. The highest BCUT2D eigenvalue weighted by Crippen LogP contribution is 2.13. The number of aromatic nitrogens is 4. The van der Waals surface area contributed by atoms with Gasteiger partial charge in [-0.05, 0) is 19.9 Å². The number of hydrogen-bond donors (Lipinski definition) is 0. The van der Waals surface area contributed by atoms with Crippen molar-refractivity contribution in [1.82, 2.24) is 19.7 Å². The van der Waals surface area contributed by atoms with E-state index in [-0.39, 0.29) is 6.04 Å². The average molecular weight is 291 g/mol. The zero-order valence-electron chi connectivity index (χ0n) is 11.4. The smallest absolute Gasteiger partial charge is 0.165 e. The average Bonchev–Trinajstić information content (AvgIpc) is 2.92. The van der Waals surface area contributed by atoms with Crippen LogP contribution in [0.3, 0.4) is 0 Å². The molecule has 0 saturated carbocycles. The topological polar surface area (TPSA) is 52.8 Å². The summed E-state index contributed by atoms with van der Waals surface area (Å²) in [6.45, 7) is 4.43. The van der Waals surface area contributed by atoms with Gasteiger partial charge in [-0.2, -0.15) is 5.10 Å². The molecule has 0 aliphatic rings. The fraction of sp³-hybridized carbons (Fsp3) is 0.357. The molecule has 0 aliphatic carbocycles. The van der Waals surface area contributed by atoms with Gasteiger partial charge in [0.2, 0.25) is 0 Å². The highest BCUT2D eigenvalue weighted by Gasteiger charge is 2.08. The van der Waals surface area contributed by atoms with Crippen molar-refractivity contribution in [3.05, 3.63) is 36.2 Å². The quantitative estimate of drug-likeness (QED) is 0.641. The monoisotopic (exact) mass is 290 g/mol. The number of halogens is 1. The first kappa shape index (κ1) is 14.4. The number of nitrogens with zero attached hydrogens (tertiary/aromatic N) is 4. The summed E-state index contributed by atoms with van der Waals surface area (Å²) < 4.78 is 7.50. The lowest BCUT2D eigenvalue weighted by Gasteiger charge is -2.10. The molecule has 104 valence electrons. The molecule has 0 amide bonds. The highest BCUT2D eigenvalue weighted by molar-refractivity contribution is 6.19. The van der Waals surface area contributed by atoms with Crippen LogP contribution < -0.4 is 4.74 Å². The van der Waals surface area contributed by atoms with Crippen LogP contribution in [0.4, 0.5) is 0 Å². The Bertz CT molecular complexity index is 627. The first-order valence-corrected chi connectivity index (χ1v) is 6.75. The molecule has 0 bridgehead atoms. The lowest BCUT2D eigenvalue weighted by molar-refractivity contribution is 0.281. The van der Waals surface area contributed by atoms with Gasteiger partial charge in [0.25, 0.3) is 0 Å². The molecule has 0 aliphatic heterocycles. The molecular formula is C14H15ClN4O. The van der Waals surface area contributed by atoms with Gasteiger partial charge in [-0.25, -0.2) is 9.67 Å². The highest BCUT2D eigenvalue weighted by atomic mass is 35.5. The van der Waals surface area contributed by atoms with E-state index in [1.807, 2.05) is 24.6 Å². The van der Waals surface area contributed by atoms with Gasteiger partial charge < -0.3 is 4.74 Å². The van der Waals surface area contributed by atoms with E-state index in [2.05, 4.69) is 26.9 Å². The Morgan fingerprint density at radius 1 is 1.40 bits per heavy atom. The SMILES string of the molecule is CC(C)n1ncnc1COc1cncc(C#CCCl)c1. The molecule has 0 fully saturated rings. The summed E-state index contributed by atoms with van der Waals surface area (Å²) >= 11 is 5.52. The van der Waals surface area contributed by atoms with Crippen molar-refractivity contribution in [3.63, 3.8) is 0 Å². The number of alkyl halides is 1. The third-order valence-electron chi connectivity index (χ3n) is 2.52. The maximum Gasteiger partial charge on any atom is 0.165 e. The molecule has 0 spiro atoms. The summed E-state index contributed by atoms with van der Waals surface area (Å²) in [5, 5.41) is 4.16. The lowest BCUT2D eigenvalue weighted by atomic mass is 10.3. The molecule has 6 heteroatoms. The first-order valence-electron chi connectivity index (χ1n) is 6.21. The summed E-state index contributed by atoms with van der Waals surface area (Å²) in [4.78, 5) is 8.27. The Morgan fingerprint density at radius 3 is 3.00 bits per heavy atom. The van der Waals surface area contributed by atoms with Crippen molar-refractivity contribution in [2.45, 2.75) is 26.5 Å². The van der Waals surface area contributed by atoms with Crippen LogP contribution >= 0.6 is 11.6 Å². The van der Waals surface area contributed by atoms with Crippen molar-refractivity contribution < 1.29 is 4.74 Å². The van der Waals surface area contributed by atoms with Gasteiger partial charge in [0.15, 0.2) is 5.82 Å². The van der Waals surface area contributed by atoms with E-state index in [0.29, 0.717) is 18.2 Å². The molecule has 0 unspecified atom stereocenters.